The molecule has 1 aromatic carbocycles. The number of nitrogens with one attached hydrogen (secondary N) is 2. The number of ether oxygens (including phenoxy) is 1. The van der Waals surface area contributed by atoms with Crippen molar-refractivity contribution in [2.24, 2.45) is 5.92 Å². The van der Waals surface area contributed by atoms with Gasteiger partial charge in [0.05, 0.1) is 5.69 Å². The SMILES string of the molecule is O=C(NCCC1CCCOC1)Nc1cccc(F)c1F. The van der Waals surface area contributed by atoms with Gasteiger partial charge in [0.1, 0.15) is 0 Å². The van der Waals surface area contributed by atoms with Crippen molar-refractivity contribution in [1.82, 2.24) is 5.32 Å². The van der Waals surface area contributed by atoms with Gasteiger partial charge in [-0.15, -0.1) is 0 Å². The predicted molar refractivity (Wildman–Crippen MR) is 71.5 cm³/mol. The average Bonchev–Trinajstić information content (AvgIpc) is 2.45. The molecule has 2 amide bonds. The van der Waals surface area contributed by atoms with Crippen LogP contribution in [-0.4, -0.2) is 25.8 Å². The number of hydrogen-bond acceptors (Lipinski definition) is 2. The van der Waals surface area contributed by atoms with Crippen LogP contribution in [0.1, 0.15) is 19.3 Å². The number of benzene rings is 1. The molecule has 0 aromatic heterocycles. The summed E-state index contributed by atoms with van der Waals surface area (Å²) in [6, 6.07) is 3.12. The molecule has 20 heavy (non-hydrogen) atoms. The van der Waals surface area contributed by atoms with Crippen LogP contribution in [0.25, 0.3) is 0 Å². The number of amides is 2. The first-order chi connectivity index (χ1) is 9.66. The highest BCUT2D eigenvalue weighted by Crippen LogP contribution is 2.17. The van der Waals surface area contributed by atoms with Crippen LogP contribution in [0.15, 0.2) is 18.2 Å². The Labute approximate surface area is 116 Å². The third-order valence-corrected chi connectivity index (χ3v) is 3.29. The van der Waals surface area contributed by atoms with Gasteiger partial charge >= 0.3 is 6.03 Å². The second-order valence-corrected chi connectivity index (χ2v) is 4.85. The molecule has 1 saturated heterocycles. The van der Waals surface area contributed by atoms with Crippen LogP contribution in [0.4, 0.5) is 19.3 Å². The van der Waals surface area contributed by atoms with Gasteiger partial charge in [-0.1, -0.05) is 6.07 Å². The minimum Gasteiger partial charge on any atom is -0.381 e. The lowest BCUT2D eigenvalue weighted by Gasteiger charge is -2.21. The number of hydrogen-bond donors (Lipinski definition) is 2. The zero-order chi connectivity index (χ0) is 14.4. The van der Waals surface area contributed by atoms with Crippen molar-refractivity contribution in [3.63, 3.8) is 0 Å². The number of halogens is 2. The maximum atomic E-state index is 13.3. The molecule has 2 rings (SSSR count). The standard InChI is InChI=1S/C14H18F2N2O2/c15-11-4-1-5-12(13(11)16)18-14(19)17-7-6-10-3-2-8-20-9-10/h1,4-5,10H,2-3,6-9H2,(H2,17,18,19). The molecule has 110 valence electrons. The van der Waals surface area contributed by atoms with E-state index in [1.165, 1.54) is 12.1 Å². The monoisotopic (exact) mass is 284 g/mol. The van der Waals surface area contributed by atoms with Crippen molar-refractivity contribution in [1.29, 1.82) is 0 Å². The van der Waals surface area contributed by atoms with Crippen molar-refractivity contribution in [2.45, 2.75) is 19.3 Å². The lowest BCUT2D eigenvalue weighted by atomic mass is 9.99. The van der Waals surface area contributed by atoms with Gasteiger partial charge in [0, 0.05) is 19.8 Å². The quantitative estimate of drug-likeness (QED) is 0.893. The van der Waals surface area contributed by atoms with Crippen molar-refractivity contribution in [2.75, 3.05) is 25.1 Å². The summed E-state index contributed by atoms with van der Waals surface area (Å²) in [6.45, 7) is 2.02. The van der Waals surface area contributed by atoms with E-state index in [-0.39, 0.29) is 5.69 Å². The van der Waals surface area contributed by atoms with Crippen molar-refractivity contribution in [3.05, 3.63) is 29.8 Å². The maximum absolute atomic E-state index is 13.3. The molecule has 2 N–H and O–H groups in total. The largest absolute Gasteiger partial charge is 0.381 e. The van der Waals surface area contributed by atoms with E-state index in [1.54, 1.807) is 0 Å². The minimum atomic E-state index is -1.05. The molecule has 6 heteroatoms. The summed E-state index contributed by atoms with van der Waals surface area (Å²) < 4.78 is 31.6. The molecule has 1 aromatic rings. The average molecular weight is 284 g/mol. The van der Waals surface area contributed by atoms with Gasteiger partial charge in [0.15, 0.2) is 11.6 Å². The van der Waals surface area contributed by atoms with Crippen molar-refractivity contribution in [3.8, 4) is 0 Å². The van der Waals surface area contributed by atoms with Gasteiger partial charge in [-0.25, -0.2) is 13.6 Å². The number of urea groups is 1. The van der Waals surface area contributed by atoms with Crippen LogP contribution < -0.4 is 10.6 Å². The van der Waals surface area contributed by atoms with E-state index >= 15 is 0 Å². The Morgan fingerprint density at radius 3 is 3.00 bits per heavy atom. The Morgan fingerprint density at radius 1 is 1.40 bits per heavy atom. The minimum absolute atomic E-state index is 0.163. The summed E-state index contributed by atoms with van der Waals surface area (Å²) in [5, 5.41) is 4.92. The molecule has 1 aliphatic heterocycles. The van der Waals surface area contributed by atoms with E-state index in [9.17, 15) is 13.6 Å². The highest BCUT2D eigenvalue weighted by molar-refractivity contribution is 5.89. The van der Waals surface area contributed by atoms with Gasteiger partial charge in [0.25, 0.3) is 0 Å². The van der Waals surface area contributed by atoms with Gasteiger partial charge in [0.2, 0.25) is 0 Å². The predicted octanol–water partition coefficient (Wildman–Crippen LogP) is 2.90. The zero-order valence-electron chi connectivity index (χ0n) is 11.1. The van der Waals surface area contributed by atoms with Crippen LogP contribution in [0.3, 0.4) is 0 Å². The molecule has 0 spiro atoms. The second kappa shape index (κ2) is 7.19. The van der Waals surface area contributed by atoms with Crippen LogP contribution in [0.2, 0.25) is 0 Å². The number of carbonyl (C=O) groups excluding carboxylic acids is 1. The fourth-order valence-corrected chi connectivity index (χ4v) is 2.19. The summed E-state index contributed by atoms with van der Waals surface area (Å²) in [5.74, 6) is -1.58. The third kappa shape index (κ3) is 4.16. The van der Waals surface area contributed by atoms with E-state index < -0.39 is 17.7 Å². The van der Waals surface area contributed by atoms with Crippen molar-refractivity contribution >= 4 is 11.7 Å². The number of rotatable bonds is 4. The number of anilines is 1. The Kier molecular flexibility index (Phi) is 5.29. The first-order valence-corrected chi connectivity index (χ1v) is 6.73. The molecule has 0 aliphatic carbocycles. The van der Waals surface area contributed by atoms with E-state index in [0.29, 0.717) is 12.5 Å². The maximum Gasteiger partial charge on any atom is 0.319 e. The fraction of sp³-hybridized carbons (Fsp3) is 0.500. The molecular weight excluding hydrogens is 266 g/mol. The molecular formula is C14H18F2N2O2. The normalized spacial score (nSPS) is 18.6. The summed E-state index contributed by atoms with van der Waals surface area (Å²) in [6.07, 6.45) is 2.96. The molecule has 0 saturated carbocycles. The topological polar surface area (TPSA) is 50.4 Å². The molecule has 1 aliphatic rings. The number of carbonyl (C=O) groups is 1. The molecule has 0 bridgehead atoms. The van der Waals surface area contributed by atoms with Crippen molar-refractivity contribution < 1.29 is 18.3 Å². The van der Waals surface area contributed by atoms with Crippen LogP contribution in [0, 0.1) is 17.6 Å². The Balaban J connectivity index is 1.73. The Bertz CT molecular complexity index is 462. The van der Waals surface area contributed by atoms with E-state index in [1.807, 2.05) is 0 Å². The van der Waals surface area contributed by atoms with E-state index in [0.717, 1.165) is 38.5 Å². The second-order valence-electron chi connectivity index (χ2n) is 4.85. The first-order valence-electron chi connectivity index (χ1n) is 6.73. The van der Waals surface area contributed by atoms with E-state index in [4.69, 9.17) is 4.74 Å². The highest BCUT2D eigenvalue weighted by Gasteiger charge is 2.14. The Morgan fingerprint density at radius 2 is 2.25 bits per heavy atom. The summed E-state index contributed by atoms with van der Waals surface area (Å²) in [4.78, 5) is 11.6. The molecule has 1 fully saturated rings. The Hall–Kier alpha value is -1.69. The van der Waals surface area contributed by atoms with Gasteiger partial charge < -0.3 is 15.4 Å². The summed E-state index contributed by atoms with van der Waals surface area (Å²) >= 11 is 0. The summed E-state index contributed by atoms with van der Waals surface area (Å²) in [5.41, 5.74) is -0.163. The summed E-state index contributed by atoms with van der Waals surface area (Å²) in [7, 11) is 0. The lowest BCUT2D eigenvalue weighted by molar-refractivity contribution is 0.0520. The first kappa shape index (κ1) is 14.7. The van der Waals surface area contributed by atoms with Gasteiger partial charge in [-0.3, -0.25) is 0 Å². The molecule has 1 atom stereocenters. The van der Waals surface area contributed by atoms with Crippen LogP contribution >= 0.6 is 0 Å². The molecule has 1 unspecified atom stereocenters. The molecule has 1 heterocycles. The van der Waals surface area contributed by atoms with Crippen LogP contribution in [-0.2, 0) is 4.74 Å². The highest BCUT2D eigenvalue weighted by atomic mass is 19.2. The zero-order valence-corrected chi connectivity index (χ0v) is 11.1. The van der Waals surface area contributed by atoms with Gasteiger partial charge in [-0.05, 0) is 37.3 Å². The fourth-order valence-electron chi connectivity index (χ4n) is 2.19. The van der Waals surface area contributed by atoms with E-state index in [2.05, 4.69) is 10.6 Å². The van der Waals surface area contributed by atoms with Gasteiger partial charge in [-0.2, -0.15) is 0 Å². The molecule has 4 nitrogen and oxygen atoms in total. The third-order valence-electron chi connectivity index (χ3n) is 3.29. The lowest BCUT2D eigenvalue weighted by Crippen LogP contribution is -2.32. The smallest absolute Gasteiger partial charge is 0.319 e. The van der Waals surface area contributed by atoms with Crippen LogP contribution in [0.5, 0.6) is 0 Å². The molecule has 0 radical (unpaired) electrons.